The van der Waals surface area contributed by atoms with Gasteiger partial charge in [0.15, 0.2) is 11.5 Å². The van der Waals surface area contributed by atoms with E-state index in [-0.39, 0.29) is 29.0 Å². The Kier molecular flexibility index (Phi) is 5.33. The van der Waals surface area contributed by atoms with Gasteiger partial charge >= 0.3 is 6.18 Å². The van der Waals surface area contributed by atoms with E-state index in [0.29, 0.717) is 23.7 Å². The zero-order valence-electron chi connectivity index (χ0n) is 15.9. The van der Waals surface area contributed by atoms with Gasteiger partial charge in [-0.2, -0.15) is 18.4 Å². The number of allylic oxidation sites excluding steroid dienone is 1. The second-order valence-corrected chi connectivity index (χ2v) is 6.55. The second kappa shape index (κ2) is 7.58. The Morgan fingerprint density at radius 2 is 2.07 bits per heavy atom. The van der Waals surface area contributed by atoms with Crippen LogP contribution in [-0.4, -0.2) is 22.9 Å². The summed E-state index contributed by atoms with van der Waals surface area (Å²) < 4.78 is 57.0. The van der Waals surface area contributed by atoms with Crippen molar-refractivity contribution >= 4 is 0 Å². The first-order chi connectivity index (χ1) is 13.7. The standard InChI is InChI=1S/C19H19F3N4O3/c1-4-27-13-7-10(5-6-12(13)28-9(2)3)14-11(8-23)17(24)29-18-15(14)16(25-26-18)19(20,21)22/h5-7,9,14H,4,24H2,1-3H3,(H,25,26). The highest BCUT2D eigenvalue weighted by atomic mass is 19.4. The van der Waals surface area contributed by atoms with Gasteiger partial charge in [0.25, 0.3) is 0 Å². The number of aromatic nitrogens is 2. The average Bonchev–Trinajstić information content (AvgIpc) is 3.05. The van der Waals surface area contributed by atoms with Gasteiger partial charge in [0, 0.05) is 0 Å². The summed E-state index contributed by atoms with van der Waals surface area (Å²) in [4.78, 5) is 0. The van der Waals surface area contributed by atoms with Crippen molar-refractivity contribution in [3.8, 4) is 23.4 Å². The number of fused-ring (bicyclic) bond motifs is 1. The van der Waals surface area contributed by atoms with Gasteiger partial charge in [-0.15, -0.1) is 5.10 Å². The molecule has 29 heavy (non-hydrogen) atoms. The number of hydrogen-bond donors (Lipinski definition) is 2. The summed E-state index contributed by atoms with van der Waals surface area (Å²) in [5.74, 6) is -0.965. The van der Waals surface area contributed by atoms with Gasteiger partial charge in [0.1, 0.15) is 17.3 Å². The Morgan fingerprint density at radius 3 is 2.66 bits per heavy atom. The topological polar surface area (TPSA) is 106 Å². The number of nitrogens with zero attached hydrogens (tertiary/aromatic N) is 2. The van der Waals surface area contributed by atoms with Crippen molar-refractivity contribution in [1.29, 1.82) is 5.26 Å². The van der Waals surface area contributed by atoms with E-state index in [1.807, 2.05) is 25.0 Å². The molecule has 0 spiro atoms. The summed E-state index contributed by atoms with van der Waals surface area (Å²) in [5.41, 5.74) is 4.60. The predicted octanol–water partition coefficient (Wildman–Crippen LogP) is 3.83. The molecule has 3 N–H and O–H groups in total. The van der Waals surface area contributed by atoms with Crippen LogP contribution in [0.2, 0.25) is 0 Å². The van der Waals surface area contributed by atoms with Crippen LogP contribution < -0.4 is 19.9 Å². The number of ether oxygens (including phenoxy) is 3. The molecule has 0 saturated heterocycles. The van der Waals surface area contributed by atoms with Crippen LogP contribution in [0.4, 0.5) is 13.2 Å². The molecule has 1 aliphatic rings. The third kappa shape index (κ3) is 3.81. The van der Waals surface area contributed by atoms with E-state index >= 15 is 0 Å². The highest BCUT2D eigenvalue weighted by Gasteiger charge is 2.44. The molecule has 1 unspecified atom stereocenters. The molecule has 2 aromatic rings. The number of aromatic amines is 1. The minimum atomic E-state index is -4.72. The molecule has 0 fully saturated rings. The Labute approximate surface area is 164 Å². The monoisotopic (exact) mass is 408 g/mol. The molecule has 3 rings (SSSR count). The molecular weight excluding hydrogens is 389 g/mol. The molecule has 2 heterocycles. The lowest BCUT2D eigenvalue weighted by Gasteiger charge is -2.25. The summed E-state index contributed by atoms with van der Waals surface area (Å²) >= 11 is 0. The van der Waals surface area contributed by atoms with Crippen molar-refractivity contribution in [3.63, 3.8) is 0 Å². The molecule has 154 valence electrons. The third-order valence-electron chi connectivity index (χ3n) is 4.19. The summed E-state index contributed by atoms with van der Waals surface area (Å²) in [5, 5.41) is 15.1. The molecule has 7 nitrogen and oxygen atoms in total. The average molecular weight is 408 g/mol. The van der Waals surface area contributed by atoms with E-state index < -0.39 is 17.8 Å². The number of hydrogen-bond acceptors (Lipinski definition) is 6. The molecule has 1 atom stereocenters. The third-order valence-corrected chi connectivity index (χ3v) is 4.19. The number of rotatable bonds is 5. The van der Waals surface area contributed by atoms with Crippen molar-refractivity contribution in [2.24, 2.45) is 5.73 Å². The van der Waals surface area contributed by atoms with Crippen LogP contribution in [0.25, 0.3) is 0 Å². The Morgan fingerprint density at radius 1 is 1.34 bits per heavy atom. The van der Waals surface area contributed by atoms with Crippen LogP contribution in [-0.2, 0) is 6.18 Å². The van der Waals surface area contributed by atoms with Crippen LogP contribution in [0, 0.1) is 11.3 Å². The van der Waals surface area contributed by atoms with Gasteiger partial charge in [0.05, 0.1) is 24.2 Å². The molecule has 0 amide bonds. The minimum Gasteiger partial charge on any atom is -0.490 e. The van der Waals surface area contributed by atoms with E-state index in [9.17, 15) is 18.4 Å². The van der Waals surface area contributed by atoms with Crippen molar-refractivity contribution < 1.29 is 27.4 Å². The largest absolute Gasteiger partial charge is 0.490 e. The lowest BCUT2D eigenvalue weighted by molar-refractivity contribution is -0.141. The Bertz CT molecular complexity index is 990. The number of halogens is 3. The predicted molar refractivity (Wildman–Crippen MR) is 96.3 cm³/mol. The van der Waals surface area contributed by atoms with E-state index in [1.54, 1.807) is 25.1 Å². The Balaban J connectivity index is 2.20. The van der Waals surface area contributed by atoms with Crippen LogP contribution >= 0.6 is 0 Å². The number of nitrogens with one attached hydrogen (secondary N) is 1. The van der Waals surface area contributed by atoms with Crippen LogP contribution in [0.1, 0.15) is 43.5 Å². The van der Waals surface area contributed by atoms with Gasteiger partial charge < -0.3 is 19.9 Å². The maximum atomic E-state index is 13.5. The quantitative estimate of drug-likeness (QED) is 0.779. The summed E-state index contributed by atoms with van der Waals surface area (Å²) in [6, 6.07) is 6.56. The first-order valence-corrected chi connectivity index (χ1v) is 8.83. The van der Waals surface area contributed by atoms with Crippen molar-refractivity contribution in [3.05, 3.63) is 46.5 Å². The molecule has 1 aromatic heterocycles. The van der Waals surface area contributed by atoms with Gasteiger partial charge in [0.2, 0.25) is 11.8 Å². The first-order valence-electron chi connectivity index (χ1n) is 8.83. The maximum Gasteiger partial charge on any atom is 0.433 e. The van der Waals surface area contributed by atoms with Gasteiger partial charge in [-0.3, -0.25) is 5.10 Å². The van der Waals surface area contributed by atoms with Crippen molar-refractivity contribution in [2.75, 3.05) is 6.61 Å². The fourth-order valence-electron chi connectivity index (χ4n) is 3.12. The fraction of sp³-hybridized carbons (Fsp3) is 0.368. The molecule has 0 aliphatic carbocycles. The van der Waals surface area contributed by atoms with Crippen LogP contribution in [0.5, 0.6) is 17.4 Å². The number of alkyl halides is 3. The zero-order chi connectivity index (χ0) is 21.3. The minimum absolute atomic E-state index is 0.134. The highest BCUT2D eigenvalue weighted by Crippen LogP contribution is 2.48. The molecule has 10 heteroatoms. The van der Waals surface area contributed by atoms with E-state index in [1.165, 1.54) is 0 Å². The second-order valence-electron chi connectivity index (χ2n) is 6.55. The summed E-state index contributed by atoms with van der Waals surface area (Å²) in [6.45, 7) is 5.77. The number of nitrogens with two attached hydrogens (primary N) is 1. The molecule has 0 radical (unpaired) electrons. The van der Waals surface area contributed by atoms with Crippen LogP contribution in [0.15, 0.2) is 29.7 Å². The number of benzene rings is 1. The van der Waals surface area contributed by atoms with Gasteiger partial charge in [-0.05, 0) is 38.5 Å². The van der Waals surface area contributed by atoms with E-state index in [2.05, 4.69) is 5.10 Å². The van der Waals surface area contributed by atoms with Crippen molar-refractivity contribution in [2.45, 2.75) is 39.0 Å². The van der Waals surface area contributed by atoms with Gasteiger partial charge in [-0.1, -0.05) is 6.07 Å². The fourth-order valence-corrected chi connectivity index (χ4v) is 3.12. The lowest BCUT2D eigenvalue weighted by atomic mass is 9.83. The molecular formula is C19H19F3N4O3. The maximum absolute atomic E-state index is 13.5. The SMILES string of the molecule is CCOc1cc(C2C(C#N)=C(N)Oc3n[nH]c(C(F)(F)F)c32)ccc1OC(C)C. The molecule has 0 saturated carbocycles. The highest BCUT2D eigenvalue weighted by molar-refractivity contribution is 5.58. The molecule has 0 bridgehead atoms. The summed E-state index contributed by atoms with van der Waals surface area (Å²) in [7, 11) is 0. The van der Waals surface area contributed by atoms with Gasteiger partial charge in [-0.25, -0.2) is 0 Å². The number of nitriles is 1. The zero-order valence-corrected chi connectivity index (χ0v) is 15.9. The van der Waals surface area contributed by atoms with E-state index in [4.69, 9.17) is 19.9 Å². The van der Waals surface area contributed by atoms with Crippen molar-refractivity contribution in [1.82, 2.24) is 10.2 Å². The summed E-state index contributed by atoms with van der Waals surface area (Å²) in [6.07, 6.45) is -4.86. The van der Waals surface area contributed by atoms with E-state index in [0.717, 1.165) is 0 Å². The molecule has 1 aliphatic heterocycles. The van der Waals surface area contributed by atoms with Crippen LogP contribution in [0.3, 0.4) is 0 Å². The smallest absolute Gasteiger partial charge is 0.433 e. The Hall–Kier alpha value is -3.35. The first kappa shape index (κ1) is 20.4. The normalized spacial score (nSPS) is 16.3. The molecule has 1 aromatic carbocycles. The lowest BCUT2D eigenvalue weighted by Crippen LogP contribution is -2.23. The number of H-pyrrole nitrogens is 1.